The topological polar surface area (TPSA) is 57.6 Å². The summed E-state index contributed by atoms with van der Waals surface area (Å²) >= 11 is 0. The van der Waals surface area contributed by atoms with Crippen LogP contribution in [0.5, 0.6) is 5.75 Å². The fraction of sp³-hybridized carbons (Fsp3) is 0.550. The predicted molar refractivity (Wildman–Crippen MR) is 110 cm³/mol. The van der Waals surface area contributed by atoms with Crippen LogP contribution in [0.3, 0.4) is 0 Å². The van der Waals surface area contributed by atoms with Gasteiger partial charge < -0.3 is 19.4 Å². The predicted octanol–water partition coefficient (Wildman–Crippen LogP) is 2.83. The van der Waals surface area contributed by atoms with E-state index < -0.39 is 0 Å². The molecule has 0 N–H and O–H groups in total. The molecule has 1 aliphatic rings. The summed E-state index contributed by atoms with van der Waals surface area (Å²) in [5.41, 5.74) is 1.14. The van der Waals surface area contributed by atoms with Gasteiger partial charge in [0.15, 0.2) is 5.82 Å². The molecule has 2 heterocycles. The summed E-state index contributed by atoms with van der Waals surface area (Å²) in [6.45, 7) is 9.91. The van der Waals surface area contributed by atoms with Gasteiger partial charge in [-0.05, 0) is 25.0 Å². The Kier molecular flexibility index (Phi) is 6.68. The van der Waals surface area contributed by atoms with Crippen LogP contribution in [0.25, 0.3) is 0 Å². The highest BCUT2D eigenvalue weighted by atomic mass is 16.5. The summed E-state index contributed by atoms with van der Waals surface area (Å²) in [5.74, 6) is 2.57. The monoisotopic (exact) mass is 370 g/mol. The quantitative estimate of drug-likeness (QED) is 0.708. The zero-order chi connectivity index (χ0) is 19.1. The smallest absolute Gasteiger partial charge is 0.247 e. The van der Waals surface area contributed by atoms with Crippen molar-refractivity contribution >= 4 is 17.5 Å². The van der Waals surface area contributed by atoms with Crippen LogP contribution in [0.15, 0.2) is 30.5 Å². The molecule has 0 bridgehead atoms. The van der Waals surface area contributed by atoms with Crippen LogP contribution in [0.1, 0.15) is 26.7 Å². The molecule has 0 radical (unpaired) electrons. The zero-order valence-corrected chi connectivity index (χ0v) is 16.6. The minimum absolute atomic E-state index is 0.726. The highest BCUT2D eigenvalue weighted by Crippen LogP contribution is 2.28. The first-order valence-electron chi connectivity index (χ1n) is 9.84. The van der Waals surface area contributed by atoms with Gasteiger partial charge in [0.1, 0.15) is 5.75 Å². The van der Waals surface area contributed by atoms with Gasteiger partial charge in [0.2, 0.25) is 5.95 Å². The van der Waals surface area contributed by atoms with Crippen molar-refractivity contribution in [3.63, 3.8) is 0 Å². The van der Waals surface area contributed by atoms with Gasteiger partial charge in [-0.3, -0.25) is 0 Å². The van der Waals surface area contributed by atoms with Gasteiger partial charge in [0, 0.05) is 39.3 Å². The molecule has 1 fully saturated rings. The molecule has 1 aromatic heterocycles. The van der Waals surface area contributed by atoms with E-state index in [9.17, 15) is 0 Å². The maximum Gasteiger partial charge on any atom is 0.247 e. The molecule has 146 valence electrons. The van der Waals surface area contributed by atoms with Gasteiger partial charge in [-0.25, -0.2) is 0 Å². The number of hydrogen-bond donors (Lipinski definition) is 0. The number of nitrogens with zero attached hydrogens (tertiary/aromatic N) is 6. The van der Waals surface area contributed by atoms with E-state index in [1.807, 2.05) is 12.1 Å². The van der Waals surface area contributed by atoms with Gasteiger partial charge in [-0.1, -0.05) is 26.0 Å². The van der Waals surface area contributed by atoms with Crippen molar-refractivity contribution in [2.45, 2.75) is 26.7 Å². The molecule has 27 heavy (non-hydrogen) atoms. The summed E-state index contributed by atoms with van der Waals surface area (Å²) in [4.78, 5) is 11.7. The first-order chi connectivity index (χ1) is 13.3. The third-order valence-corrected chi connectivity index (χ3v) is 4.83. The molecule has 7 heteroatoms. The van der Waals surface area contributed by atoms with Gasteiger partial charge in [-0.15, -0.1) is 5.10 Å². The highest BCUT2D eigenvalue weighted by Gasteiger charge is 2.22. The van der Waals surface area contributed by atoms with Crippen molar-refractivity contribution < 1.29 is 4.74 Å². The van der Waals surface area contributed by atoms with Gasteiger partial charge in [0.05, 0.1) is 19.0 Å². The summed E-state index contributed by atoms with van der Waals surface area (Å²) in [6.07, 6.45) is 3.97. The molecule has 0 saturated carbocycles. The van der Waals surface area contributed by atoms with Gasteiger partial charge >= 0.3 is 0 Å². The molecule has 7 nitrogen and oxygen atoms in total. The van der Waals surface area contributed by atoms with Crippen LogP contribution in [-0.2, 0) is 0 Å². The average molecular weight is 371 g/mol. The van der Waals surface area contributed by atoms with Gasteiger partial charge in [0.25, 0.3) is 0 Å². The van der Waals surface area contributed by atoms with E-state index in [4.69, 9.17) is 9.72 Å². The maximum absolute atomic E-state index is 5.50. The Morgan fingerprint density at radius 2 is 1.67 bits per heavy atom. The van der Waals surface area contributed by atoms with Crippen molar-refractivity contribution in [2.75, 3.05) is 61.1 Å². The van der Waals surface area contributed by atoms with E-state index in [1.54, 1.807) is 13.3 Å². The van der Waals surface area contributed by atoms with Crippen molar-refractivity contribution in [3.8, 4) is 5.75 Å². The summed E-state index contributed by atoms with van der Waals surface area (Å²) in [5, 5.41) is 8.51. The summed E-state index contributed by atoms with van der Waals surface area (Å²) in [6, 6.07) is 8.17. The molecule has 1 aliphatic heterocycles. The minimum Gasteiger partial charge on any atom is -0.495 e. The van der Waals surface area contributed by atoms with Crippen molar-refractivity contribution in [1.29, 1.82) is 0 Å². The lowest BCUT2D eigenvalue weighted by Gasteiger charge is -2.36. The number of aromatic nitrogens is 3. The lowest BCUT2D eigenvalue weighted by atomic mass is 10.2. The molecule has 2 aromatic rings. The Bertz CT molecular complexity index is 711. The van der Waals surface area contributed by atoms with E-state index in [1.165, 1.54) is 0 Å². The molecule has 1 aromatic carbocycles. The molecular weight excluding hydrogens is 340 g/mol. The molecule has 0 unspecified atom stereocenters. The molecule has 0 amide bonds. The molecule has 1 saturated heterocycles. The zero-order valence-electron chi connectivity index (χ0n) is 16.6. The first kappa shape index (κ1) is 19.2. The van der Waals surface area contributed by atoms with Crippen LogP contribution in [-0.4, -0.2) is 61.6 Å². The van der Waals surface area contributed by atoms with E-state index in [2.05, 4.69) is 50.9 Å². The second-order valence-corrected chi connectivity index (χ2v) is 6.75. The van der Waals surface area contributed by atoms with Crippen LogP contribution in [0.2, 0.25) is 0 Å². The average Bonchev–Trinajstić information content (AvgIpc) is 2.74. The number of methoxy groups -OCH3 is 1. The van der Waals surface area contributed by atoms with Crippen LogP contribution < -0.4 is 19.4 Å². The van der Waals surface area contributed by atoms with E-state index in [0.717, 1.165) is 75.3 Å². The van der Waals surface area contributed by atoms with Gasteiger partial charge in [-0.2, -0.15) is 10.1 Å². The SMILES string of the molecule is CCCN(CCC)c1cnnc(N2CCN(c3ccccc3OC)CC2)n1. The van der Waals surface area contributed by atoms with Crippen LogP contribution in [0, 0.1) is 0 Å². The normalized spacial score (nSPS) is 14.3. The third kappa shape index (κ3) is 4.59. The van der Waals surface area contributed by atoms with Crippen LogP contribution in [0.4, 0.5) is 17.5 Å². The lowest BCUT2D eigenvalue weighted by Crippen LogP contribution is -2.47. The highest BCUT2D eigenvalue weighted by molar-refractivity contribution is 5.59. The lowest BCUT2D eigenvalue weighted by molar-refractivity contribution is 0.413. The number of anilines is 3. The number of rotatable bonds is 8. The summed E-state index contributed by atoms with van der Waals surface area (Å²) < 4.78 is 5.50. The third-order valence-electron chi connectivity index (χ3n) is 4.83. The summed E-state index contributed by atoms with van der Waals surface area (Å²) in [7, 11) is 1.72. The number of hydrogen-bond acceptors (Lipinski definition) is 7. The molecule has 0 spiro atoms. The number of piperazine rings is 1. The molecule has 0 aliphatic carbocycles. The Labute approximate surface area is 162 Å². The number of para-hydroxylation sites is 2. The Hall–Kier alpha value is -2.57. The second kappa shape index (κ2) is 9.39. The second-order valence-electron chi connectivity index (χ2n) is 6.75. The largest absolute Gasteiger partial charge is 0.495 e. The fourth-order valence-corrected chi connectivity index (χ4v) is 3.49. The van der Waals surface area contributed by atoms with Crippen molar-refractivity contribution in [3.05, 3.63) is 30.5 Å². The van der Waals surface area contributed by atoms with E-state index in [-0.39, 0.29) is 0 Å². The Morgan fingerprint density at radius 1 is 1.00 bits per heavy atom. The molecular formula is C20H30N6O. The first-order valence-corrected chi connectivity index (χ1v) is 9.84. The number of benzene rings is 1. The number of ether oxygens (including phenoxy) is 1. The fourth-order valence-electron chi connectivity index (χ4n) is 3.49. The van der Waals surface area contributed by atoms with E-state index >= 15 is 0 Å². The van der Waals surface area contributed by atoms with E-state index in [0.29, 0.717) is 0 Å². The standard InChI is InChI=1S/C20H30N6O/c1-4-10-25(11-5-2)19-16-21-23-20(22-19)26-14-12-24(13-15-26)17-8-6-7-9-18(17)27-3/h6-9,16H,4-5,10-15H2,1-3H3. The minimum atomic E-state index is 0.726. The molecule has 0 atom stereocenters. The molecule has 3 rings (SSSR count). The maximum atomic E-state index is 5.50. The van der Waals surface area contributed by atoms with Crippen molar-refractivity contribution in [1.82, 2.24) is 15.2 Å². The van der Waals surface area contributed by atoms with Crippen molar-refractivity contribution in [2.24, 2.45) is 0 Å². The van der Waals surface area contributed by atoms with Crippen LogP contribution >= 0.6 is 0 Å². The Morgan fingerprint density at radius 3 is 2.33 bits per heavy atom. The Balaban J connectivity index is 1.68.